The quantitative estimate of drug-likeness (QED) is 0.844. The summed E-state index contributed by atoms with van der Waals surface area (Å²) in [5.74, 6) is 1.44. The van der Waals surface area contributed by atoms with Crippen molar-refractivity contribution in [3.8, 4) is 0 Å². The normalized spacial score (nSPS) is 25.6. The number of nitrogens with one attached hydrogen (secondary N) is 1. The average Bonchev–Trinajstić information content (AvgIpc) is 2.30. The second-order valence-electron chi connectivity index (χ2n) is 4.97. The smallest absolute Gasteiger partial charge is 0.0440 e. The summed E-state index contributed by atoms with van der Waals surface area (Å²) in [7, 11) is 2.05. The molecular weight excluding hydrogens is 196 g/mol. The van der Waals surface area contributed by atoms with E-state index >= 15 is 0 Å². The highest BCUT2D eigenvalue weighted by atomic mass is 14.8. The minimum absolute atomic E-state index is 0.668. The highest BCUT2D eigenvalue weighted by molar-refractivity contribution is 5.19. The van der Waals surface area contributed by atoms with Crippen LogP contribution in [0.2, 0.25) is 0 Å². The molecule has 2 atom stereocenters. The van der Waals surface area contributed by atoms with E-state index in [-0.39, 0.29) is 0 Å². The Morgan fingerprint density at radius 2 is 2.19 bits per heavy atom. The fraction of sp³-hybridized carbons (Fsp3) is 0.643. The summed E-state index contributed by atoms with van der Waals surface area (Å²) in [6.07, 6.45) is 7.36. The minimum atomic E-state index is 0.668. The molecule has 2 rings (SSSR count). The van der Waals surface area contributed by atoms with Crippen LogP contribution in [0.25, 0.3) is 0 Å². The molecule has 0 aromatic carbocycles. The molecule has 0 saturated heterocycles. The lowest BCUT2D eigenvalue weighted by Gasteiger charge is -2.31. The first-order chi connectivity index (χ1) is 7.81. The van der Waals surface area contributed by atoms with Gasteiger partial charge in [-0.2, -0.15) is 0 Å². The molecule has 0 amide bonds. The molecule has 1 heterocycles. The van der Waals surface area contributed by atoms with Crippen LogP contribution in [-0.4, -0.2) is 18.6 Å². The molecule has 0 radical (unpaired) electrons. The molecule has 0 spiro atoms. The Hall–Kier alpha value is -0.890. The Morgan fingerprint density at radius 3 is 2.94 bits per heavy atom. The van der Waals surface area contributed by atoms with Gasteiger partial charge < -0.3 is 5.32 Å². The van der Waals surface area contributed by atoms with Crippen molar-refractivity contribution in [3.63, 3.8) is 0 Å². The van der Waals surface area contributed by atoms with E-state index < -0.39 is 0 Å². The fourth-order valence-electron chi connectivity index (χ4n) is 2.87. The van der Waals surface area contributed by atoms with Crippen LogP contribution in [0.4, 0.5) is 0 Å². The van der Waals surface area contributed by atoms with Crippen LogP contribution in [0.1, 0.15) is 42.9 Å². The number of hydrogen-bond acceptors (Lipinski definition) is 2. The lowest BCUT2D eigenvalue weighted by molar-refractivity contribution is 0.296. The minimum Gasteiger partial charge on any atom is -0.319 e. The van der Waals surface area contributed by atoms with E-state index in [0.29, 0.717) is 5.92 Å². The number of aryl methyl sites for hydroxylation is 1. The Morgan fingerprint density at radius 1 is 1.38 bits per heavy atom. The molecule has 2 nitrogen and oxygen atoms in total. The Bertz CT molecular complexity index is 333. The van der Waals surface area contributed by atoms with Crippen molar-refractivity contribution in [2.45, 2.75) is 38.5 Å². The van der Waals surface area contributed by atoms with Crippen LogP contribution in [0, 0.1) is 12.8 Å². The van der Waals surface area contributed by atoms with Gasteiger partial charge in [-0.05, 0) is 57.0 Å². The molecule has 16 heavy (non-hydrogen) atoms. The molecule has 1 fully saturated rings. The Balaban J connectivity index is 2.16. The maximum atomic E-state index is 4.57. The molecule has 1 saturated carbocycles. The van der Waals surface area contributed by atoms with Gasteiger partial charge in [-0.1, -0.05) is 12.8 Å². The van der Waals surface area contributed by atoms with Crippen molar-refractivity contribution in [2.24, 2.45) is 5.92 Å². The number of pyridine rings is 1. The summed E-state index contributed by atoms with van der Waals surface area (Å²) in [5, 5.41) is 3.32. The van der Waals surface area contributed by atoms with Gasteiger partial charge in [-0.3, -0.25) is 4.98 Å². The first kappa shape index (κ1) is 11.6. The zero-order valence-corrected chi connectivity index (χ0v) is 10.4. The van der Waals surface area contributed by atoms with Crippen molar-refractivity contribution in [2.75, 3.05) is 13.6 Å². The molecular formula is C14H22N2. The number of aromatic nitrogens is 1. The van der Waals surface area contributed by atoms with E-state index in [9.17, 15) is 0 Å². The third-order valence-corrected chi connectivity index (χ3v) is 3.69. The van der Waals surface area contributed by atoms with Crippen LogP contribution in [-0.2, 0) is 0 Å². The van der Waals surface area contributed by atoms with E-state index in [2.05, 4.69) is 36.4 Å². The van der Waals surface area contributed by atoms with Gasteiger partial charge in [0.2, 0.25) is 0 Å². The van der Waals surface area contributed by atoms with Crippen LogP contribution < -0.4 is 5.32 Å². The summed E-state index contributed by atoms with van der Waals surface area (Å²) in [4.78, 5) is 4.57. The second-order valence-corrected chi connectivity index (χ2v) is 4.97. The molecule has 1 aliphatic rings. The molecule has 1 aliphatic carbocycles. The molecule has 0 bridgehead atoms. The van der Waals surface area contributed by atoms with Crippen molar-refractivity contribution >= 4 is 0 Å². The van der Waals surface area contributed by atoms with Gasteiger partial charge in [0, 0.05) is 17.8 Å². The van der Waals surface area contributed by atoms with E-state index in [4.69, 9.17) is 0 Å². The van der Waals surface area contributed by atoms with Gasteiger partial charge in [0.1, 0.15) is 0 Å². The monoisotopic (exact) mass is 218 g/mol. The van der Waals surface area contributed by atoms with Crippen molar-refractivity contribution < 1.29 is 0 Å². The highest BCUT2D eigenvalue weighted by Gasteiger charge is 2.26. The first-order valence-electron chi connectivity index (χ1n) is 6.38. The fourth-order valence-corrected chi connectivity index (χ4v) is 2.87. The van der Waals surface area contributed by atoms with E-state index in [1.807, 2.05) is 6.20 Å². The number of rotatable bonds is 3. The van der Waals surface area contributed by atoms with Crippen LogP contribution in [0.5, 0.6) is 0 Å². The number of hydrogen-bond donors (Lipinski definition) is 1. The molecule has 2 heteroatoms. The van der Waals surface area contributed by atoms with Gasteiger partial charge >= 0.3 is 0 Å². The third kappa shape index (κ3) is 2.62. The Kier molecular flexibility index (Phi) is 3.94. The maximum absolute atomic E-state index is 4.57. The highest BCUT2D eigenvalue weighted by Crippen LogP contribution is 2.36. The summed E-state index contributed by atoms with van der Waals surface area (Å²) in [6.45, 7) is 3.28. The van der Waals surface area contributed by atoms with Crippen molar-refractivity contribution in [3.05, 3.63) is 29.6 Å². The predicted molar refractivity (Wildman–Crippen MR) is 67.6 cm³/mol. The number of nitrogens with zero attached hydrogens (tertiary/aromatic N) is 1. The summed E-state index contributed by atoms with van der Waals surface area (Å²) < 4.78 is 0. The molecule has 1 N–H and O–H groups in total. The largest absolute Gasteiger partial charge is 0.319 e. The first-order valence-corrected chi connectivity index (χ1v) is 6.38. The van der Waals surface area contributed by atoms with Gasteiger partial charge in [0.15, 0.2) is 0 Å². The van der Waals surface area contributed by atoms with Crippen molar-refractivity contribution in [1.82, 2.24) is 10.3 Å². The molecule has 1 aromatic rings. The molecule has 0 aliphatic heterocycles. The second kappa shape index (κ2) is 5.44. The lowest BCUT2D eigenvalue weighted by atomic mass is 9.77. The standard InChI is InChI=1S/C14H22N2/c1-11-7-8-16-14(9-11)13-6-4-3-5-12(13)10-15-2/h7-9,12-13,15H,3-6,10H2,1-2H3. The summed E-state index contributed by atoms with van der Waals surface area (Å²) in [6, 6.07) is 4.35. The van der Waals surface area contributed by atoms with Crippen molar-refractivity contribution in [1.29, 1.82) is 0 Å². The van der Waals surface area contributed by atoms with Crippen LogP contribution >= 0.6 is 0 Å². The van der Waals surface area contributed by atoms with E-state index in [1.165, 1.54) is 36.9 Å². The Labute approximate surface area is 98.5 Å². The van der Waals surface area contributed by atoms with Crippen LogP contribution in [0.15, 0.2) is 18.3 Å². The molecule has 2 unspecified atom stereocenters. The van der Waals surface area contributed by atoms with Crippen LogP contribution in [0.3, 0.4) is 0 Å². The van der Waals surface area contributed by atoms with E-state index in [1.54, 1.807) is 0 Å². The third-order valence-electron chi connectivity index (χ3n) is 3.69. The topological polar surface area (TPSA) is 24.9 Å². The maximum Gasteiger partial charge on any atom is 0.0440 e. The summed E-state index contributed by atoms with van der Waals surface area (Å²) >= 11 is 0. The molecule has 88 valence electrons. The van der Waals surface area contributed by atoms with Gasteiger partial charge in [0.05, 0.1) is 0 Å². The lowest BCUT2D eigenvalue weighted by Crippen LogP contribution is -2.28. The molecule has 1 aromatic heterocycles. The van der Waals surface area contributed by atoms with Gasteiger partial charge in [-0.25, -0.2) is 0 Å². The summed E-state index contributed by atoms with van der Waals surface area (Å²) in [5.41, 5.74) is 2.64. The SMILES string of the molecule is CNCC1CCCCC1c1cc(C)ccn1. The van der Waals surface area contributed by atoms with E-state index in [0.717, 1.165) is 12.5 Å². The zero-order chi connectivity index (χ0) is 11.4. The average molecular weight is 218 g/mol. The zero-order valence-electron chi connectivity index (χ0n) is 10.4. The predicted octanol–water partition coefficient (Wildman–Crippen LogP) is 2.88. The van der Waals surface area contributed by atoms with Gasteiger partial charge in [0.25, 0.3) is 0 Å². The van der Waals surface area contributed by atoms with Gasteiger partial charge in [-0.15, -0.1) is 0 Å².